The smallest absolute Gasteiger partial charge is 0.201 e. The van der Waals surface area contributed by atoms with Gasteiger partial charge in [0.05, 0.1) is 13.2 Å². The van der Waals surface area contributed by atoms with Gasteiger partial charge in [-0.1, -0.05) is 25.1 Å². The molecule has 2 aliphatic rings. The van der Waals surface area contributed by atoms with Crippen LogP contribution in [0.25, 0.3) is 5.57 Å². The summed E-state index contributed by atoms with van der Waals surface area (Å²) in [5.41, 5.74) is 1.16. The van der Waals surface area contributed by atoms with Gasteiger partial charge in [0, 0.05) is 12.8 Å². The van der Waals surface area contributed by atoms with Crippen LogP contribution in [0.3, 0.4) is 0 Å². The molecule has 0 radical (unpaired) electrons. The lowest BCUT2D eigenvalue weighted by Crippen LogP contribution is -2.46. The van der Waals surface area contributed by atoms with Crippen molar-refractivity contribution in [3.8, 4) is 5.75 Å². The number of hydrogen-bond donors (Lipinski definition) is 1. The first-order chi connectivity index (χ1) is 11.9. The Morgan fingerprint density at radius 2 is 1.92 bits per heavy atom. The predicted octanol–water partition coefficient (Wildman–Crippen LogP) is 3.86. The maximum Gasteiger partial charge on any atom is 0.201 e. The highest BCUT2D eigenvalue weighted by Gasteiger charge is 2.41. The fourth-order valence-corrected chi connectivity index (χ4v) is 3.18. The monoisotopic (exact) mass is 348 g/mol. The van der Waals surface area contributed by atoms with Crippen molar-refractivity contribution >= 4 is 5.57 Å². The van der Waals surface area contributed by atoms with Crippen LogP contribution in [0, 0.1) is 0 Å². The van der Waals surface area contributed by atoms with Gasteiger partial charge in [-0.05, 0) is 50.0 Å². The van der Waals surface area contributed by atoms with E-state index in [1.807, 2.05) is 38.1 Å². The Morgan fingerprint density at radius 3 is 2.48 bits per heavy atom. The molecule has 25 heavy (non-hydrogen) atoms. The molecule has 0 amide bonds. The first kappa shape index (κ1) is 18.4. The van der Waals surface area contributed by atoms with Crippen LogP contribution < -0.4 is 4.74 Å². The van der Waals surface area contributed by atoms with Crippen molar-refractivity contribution < 1.29 is 24.4 Å². The number of rotatable bonds is 5. The summed E-state index contributed by atoms with van der Waals surface area (Å²) in [4.78, 5) is 11.3. The average molecular weight is 348 g/mol. The van der Waals surface area contributed by atoms with Crippen LogP contribution in [0.15, 0.2) is 30.8 Å². The first-order valence-corrected chi connectivity index (χ1v) is 9.01. The molecule has 1 saturated heterocycles. The molecule has 1 heterocycles. The molecule has 1 aromatic carbocycles. The normalized spacial score (nSPS) is 23.4. The van der Waals surface area contributed by atoms with E-state index in [2.05, 4.69) is 6.58 Å². The van der Waals surface area contributed by atoms with E-state index in [4.69, 9.17) is 19.2 Å². The molecule has 1 unspecified atom stereocenters. The van der Waals surface area contributed by atoms with Crippen LogP contribution in [-0.2, 0) is 14.5 Å². The predicted molar refractivity (Wildman–Crippen MR) is 95.0 cm³/mol. The standard InChI is InChI=1S/C20H28O5/c1-15(16-7-9-17(10-8-16)23-19(2,3)14-21)18-13-22-20(25-24-18)11-5-4-6-12-20/h7-10,18,21H,1,4-6,11-14H2,2-3H3. The van der Waals surface area contributed by atoms with E-state index < -0.39 is 11.4 Å². The van der Waals surface area contributed by atoms with E-state index in [1.165, 1.54) is 6.42 Å². The second-order valence-electron chi connectivity index (χ2n) is 7.52. The SMILES string of the molecule is C=C(c1ccc(OC(C)(C)CO)cc1)C1COC2(CCCCC2)OO1. The van der Waals surface area contributed by atoms with E-state index in [0.717, 1.165) is 36.8 Å². The molecule has 5 nitrogen and oxygen atoms in total. The Balaban J connectivity index is 1.58. The highest BCUT2D eigenvalue weighted by atomic mass is 17.2. The number of hydrogen-bond acceptors (Lipinski definition) is 5. The summed E-state index contributed by atoms with van der Waals surface area (Å²) in [6.45, 7) is 8.22. The van der Waals surface area contributed by atoms with Crippen LogP contribution in [-0.4, -0.2) is 35.8 Å². The quantitative estimate of drug-likeness (QED) is 0.819. The molecule has 2 fully saturated rings. The number of ether oxygens (including phenoxy) is 2. The summed E-state index contributed by atoms with van der Waals surface area (Å²) < 4.78 is 11.8. The number of benzene rings is 1. The maximum atomic E-state index is 9.29. The van der Waals surface area contributed by atoms with Crippen molar-refractivity contribution in [2.75, 3.05) is 13.2 Å². The Bertz CT molecular complexity index is 577. The summed E-state index contributed by atoms with van der Waals surface area (Å²) in [5.74, 6) is 0.150. The van der Waals surface area contributed by atoms with Crippen molar-refractivity contribution in [1.82, 2.24) is 0 Å². The molecular formula is C20H28O5. The molecule has 1 spiro atoms. The van der Waals surface area contributed by atoms with Gasteiger partial charge in [-0.3, -0.25) is 0 Å². The van der Waals surface area contributed by atoms with Crippen molar-refractivity contribution in [2.45, 2.75) is 63.4 Å². The van der Waals surface area contributed by atoms with Crippen LogP contribution in [0.5, 0.6) is 5.75 Å². The van der Waals surface area contributed by atoms with Gasteiger partial charge in [-0.15, -0.1) is 0 Å². The van der Waals surface area contributed by atoms with Gasteiger partial charge in [0.2, 0.25) is 5.79 Å². The minimum Gasteiger partial charge on any atom is -0.485 e. The average Bonchev–Trinajstić information content (AvgIpc) is 2.63. The third-order valence-corrected chi connectivity index (χ3v) is 4.82. The van der Waals surface area contributed by atoms with Gasteiger partial charge >= 0.3 is 0 Å². The molecule has 1 N–H and O–H groups in total. The molecule has 3 rings (SSSR count). The summed E-state index contributed by atoms with van der Waals surface area (Å²) in [5, 5.41) is 9.29. The zero-order valence-electron chi connectivity index (χ0n) is 15.1. The van der Waals surface area contributed by atoms with Crippen LogP contribution >= 0.6 is 0 Å². The van der Waals surface area contributed by atoms with Crippen LogP contribution in [0.1, 0.15) is 51.5 Å². The largest absolute Gasteiger partial charge is 0.485 e. The van der Waals surface area contributed by atoms with Crippen molar-refractivity contribution in [1.29, 1.82) is 0 Å². The van der Waals surface area contributed by atoms with Crippen molar-refractivity contribution in [2.24, 2.45) is 0 Å². The Labute approximate surface area is 149 Å². The minimum absolute atomic E-state index is 0.0478. The van der Waals surface area contributed by atoms with Crippen molar-refractivity contribution in [3.63, 3.8) is 0 Å². The molecule has 138 valence electrons. The van der Waals surface area contributed by atoms with Gasteiger partial charge in [-0.2, -0.15) is 0 Å². The van der Waals surface area contributed by atoms with E-state index in [-0.39, 0.29) is 12.7 Å². The first-order valence-electron chi connectivity index (χ1n) is 9.01. The highest BCUT2D eigenvalue weighted by molar-refractivity contribution is 5.67. The Hall–Kier alpha value is -1.40. The van der Waals surface area contributed by atoms with Gasteiger partial charge < -0.3 is 14.6 Å². The number of aliphatic hydroxyl groups is 1. The van der Waals surface area contributed by atoms with Crippen LogP contribution in [0.2, 0.25) is 0 Å². The van der Waals surface area contributed by atoms with E-state index in [0.29, 0.717) is 12.4 Å². The summed E-state index contributed by atoms with van der Waals surface area (Å²) in [6.07, 6.45) is 4.92. The molecule has 0 aromatic heterocycles. The summed E-state index contributed by atoms with van der Waals surface area (Å²) >= 11 is 0. The Kier molecular flexibility index (Phi) is 5.49. The molecule has 1 aliphatic heterocycles. The lowest BCUT2D eigenvalue weighted by atomic mass is 9.94. The molecule has 1 atom stereocenters. The second kappa shape index (κ2) is 7.46. The zero-order valence-corrected chi connectivity index (χ0v) is 15.1. The van der Waals surface area contributed by atoms with Gasteiger partial charge in [-0.25, -0.2) is 9.78 Å². The van der Waals surface area contributed by atoms with Gasteiger partial charge in [0.15, 0.2) is 0 Å². The molecule has 1 saturated carbocycles. The second-order valence-corrected chi connectivity index (χ2v) is 7.52. The summed E-state index contributed by atoms with van der Waals surface area (Å²) in [7, 11) is 0. The van der Waals surface area contributed by atoms with E-state index >= 15 is 0 Å². The van der Waals surface area contributed by atoms with Gasteiger partial charge in [0.1, 0.15) is 17.5 Å². The minimum atomic E-state index is -0.610. The fraction of sp³-hybridized carbons (Fsp3) is 0.600. The molecule has 0 bridgehead atoms. The molecular weight excluding hydrogens is 320 g/mol. The maximum absolute atomic E-state index is 9.29. The number of aliphatic hydroxyl groups excluding tert-OH is 1. The van der Waals surface area contributed by atoms with Crippen molar-refractivity contribution in [3.05, 3.63) is 36.4 Å². The van der Waals surface area contributed by atoms with E-state index in [9.17, 15) is 5.11 Å². The summed E-state index contributed by atoms with van der Waals surface area (Å²) in [6, 6.07) is 7.59. The topological polar surface area (TPSA) is 57.2 Å². The molecule has 1 aliphatic carbocycles. The Morgan fingerprint density at radius 1 is 1.24 bits per heavy atom. The van der Waals surface area contributed by atoms with Crippen LogP contribution in [0.4, 0.5) is 0 Å². The third kappa shape index (κ3) is 4.42. The highest BCUT2D eigenvalue weighted by Crippen LogP contribution is 2.37. The molecule has 5 heteroatoms. The van der Waals surface area contributed by atoms with Gasteiger partial charge in [0.25, 0.3) is 0 Å². The lowest BCUT2D eigenvalue weighted by molar-refractivity contribution is -0.483. The zero-order chi connectivity index (χ0) is 17.9. The third-order valence-electron chi connectivity index (χ3n) is 4.82. The lowest BCUT2D eigenvalue weighted by Gasteiger charge is -2.41. The molecule has 1 aromatic rings. The fourth-order valence-electron chi connectivity index (χ4n) is 3.18. The van der Waals surface area contributed by atoms with E-state index in [1.54, 1.807) is 0 Å².